The first-order valence-electron chi connectivity index (χ1n) is 11.1. The van der Waals surface area contributed by atoms with Crippen molar-refractivity contribution in [2.75, 3.05) is 38.3 Å². The molecule has 1 atom stereocenters. The molecule has 0 bridgehead atoms. The largest absolute Gasteiger partial charge is 0.480 e. The van der Waals surface area contributed by atoms with Crippen LogP contribution >= 0.6 is 0 Å². The summed E-state index contributed by atoms with van der Waals surface area (Å²) in [5.41, 5.74) is 8.89. The smallest absolute Gasteiger partial charge is 0.233 e. The summed E-state index contributed by atoms with van der Waals surface area (Å²) in [5, 5.41) is 8.69. The first-order chi connectivity index (χ1) is 17.0. The third-order valence-electron chi connectivity index (χ3n) is 6.03. The highest BCUT2D eigenvalue weighted by Gasteiger charge is 2.24. The van der Waals surface area contributed by atoms with E-state index in [0.717, 1.165) is 18.8 Å². The number of methoxy groups -OCH3 is 1. The summed E-state index contributed by atoms with van der Waals surface area (Å²) < 4.78 is 25.5. The van der Waals surface area contributed by atoms with Gasteiger partial charge in [-0.1, -0.05) is 6.07 Å². The number of amides is 1. The van der Waals surface area contributed by atoms with Crippen molar-refractivity contribution in [1.29, 1.82) is 0 Å². The number of nitrogens with zero attached hydrogens (tertiary/aromatic N) is 5. The molecule has 10 heteroatoms. The summed E-state index contributed by atoms with van der Waals surface area (Å²) in [6.07, 6.45) is 1.41. The summed E-state index contributed by atoms with van der Waals surface area (Å²) in [6, 6.07) is 13.4. The minimum Gasteiger partial charge on any atom is -0.480 e. The third kappa shape index (κ3) is 4.47. The Morgan fingerprint density at radius 3 is 2.63 bits per heavy atom. The molecule has 1 fully saturated rings. The highest BCUT2D eigenvalue weighted by atomic mass is 19.1. The monoisotopic (exact) mass is 474 g/mol. The minimum atomic E-state index is -0.922. The first-order valence-corrected chi connectivity index (χ1v) is 11.1. The van der Waals surface area contributed by atoms with Gasteiger partial charge in [0.2, 0.25) is 11.8 Å². The number of anilines is 1. The topological polar surface area (TPSA) is 116 Å². The lowest BCUT2D eigenvalue weighted by molar-refractivity contribution is -0.118. The Balaban J connectivity index is 1.56. The van der Waals surface area contributed by atoms with Gasteiger partial charge in [0.1, 0.15) is 18.1 Å². The van der Waals surface area contributed by atoms with E-state index in [9.17, 15) is 4.79 Å². The quantitative estimate of drug-likeness (QED) is 0.453. The van der Waals surface area contributed by atoms with E-state index >= 15 is 4.39 Å². The SMILES string of the molecule is COc1ccc(C(C(N)=O)c2ccc(F)c(-c3ncnc4cc(N5CCOCC5)ccc34)c2)nn1. The Labute approximate surface area is 200 Å². The van der Waals surface area contributed by atoms with Crippen molar-refractivity contribution < 1.29 is 18.7 Å². The zero-order valence-electron chi connectivity index (χ0n) is 19.0. The van der Waals surface area contributed by atoms with Gasteiger partial charge in [-0.3, -0.25) is 4.79 Å². The Bertz CT molecular complexity index is 1380. The molecule has 35 heavy (non-hydrogen) atoms. The van der Waals surface area contributed by atoms with Crippen LogP contribution in [-0.4, -0.2) is 59.5 Å². The van der Waals surface area contributed by atoms with Gasteiger partial charge in [0.15, 0.2) is 0 Å². The van der Waals surface area contributed by atoms with Crippen LogP contribution in [0.2, 0.25) is 0 Å². The molecule has 178 valence electrons. The van der Waals surface area contributed by atoms with Crippen molar-refractivity contribution in [3.8, 4) is 17.1 Å². The number of carbonyl (C=O) groups is 1. The van der Waals surface area contributed by atoms with E-state index in [1.807, 2.05) is 18.2 Å². The van der Waals surface area contributed by atoms with Gasteiger partial charge < -0.3 is 20.1 Å². The molecular weight excluding hydrogens is 451 g/mol. The minimum absolute atomic E-state index is 0.238. The summed E-state index contributed by atoms with van der Waals surface area (Å²) in [7, 11) is 1.47. The molecule has 0 aliphatic carbocycles. The van der Waals surface area contributed by atoms with Gasteiger partial charge in [-0.15, -0.1) is 5.10 Å². The van der Waals surface area contributed by atoms with Crippen LogP contribution in [0.3, 0.4) is 0 Å². The number of carbonyl (C=O) groups excluding carboxylic acids is 1. The van der Waals surface area contributed by atoms with Gasteiger partial charge in [-0.05, 0) is 42.0 Å². The summed E-state index contributed by atoms with van der Waals surface area (Å²) in [4.78, 5) is 23.4. The number of halogens is 1. The number of hydrogen-bond donors (Lipinski definition) is 1. The molecular formula is C25H23FN6O3. The molecule has 3 heterocycles. The van der Waals surface area contributed by atoms with Crippen LogP contribution in [0.4, 0.5) is 10.1 Å². The van der Waals surface area contributed by atoms with E-state index in [2.05, 4.69) is 25.1 Å². The fourth-order valence-electron chi connectivity index (χ4n) is 4.26. The number of rotatable bonds is 6. The zero-order chi connectivity index (χ0) is 24.4. The standard InChI is InChI=1S/C25H23FN6O3/c1-34-22-7-6-20(30-31-22)23(25(27)33)15-2-5-19(26)18(12-15)24-17-4-3-16(13-21(17)28-14-29-24)32-8-10-35-11-9-32/h2-7,12-14,23H,8-11H2,1H3,(H2,27,33). The molecule has 0 radical (unpaired) electrons. The van der Waals surface area contributed by atoms with Gasteiger partial charge >= 0.3 is 0 Å². The maximum absolute atomic E-state index is 15.1. The molecule has 0 saturated carbocycles. The van der Waals surface area contributed by atoms with Gasteiger partial charge in [0.25, 0.3) is 0 Å². The van der Waals surface area contributed by atoms with Crippen molar-refractivity contribution in [3.05, 3.63) is 71.9 Å². The fourth-order valence-corrected chi connectivity index (χ4v) is 4.26. The maximum atomic E-state index is 15.1. The number of fused-ring (bicyclic) bond motifs is 1. The lowest BCUT2D eigenvalue weighted by atomic mass is 9.92. The number of benzene rings is 2. The Kier molecular flexibility index (Phi) is 6.19. The normalized spacial score (nSPS) is 14.6. The van der Waals surface area contributed by atoms with Crippen LogP contribution in [0, 0.1) is 5.82 Å². The Morgan fingerprint density at radius 2 is 1.91 bits per heavy atom. The van der Waals surface area contributed by atoms with Crippen LogP contribution in [-0.2, 0) is 9.53 Å². The maximum Gasteiger partial charge on any atom is 0.233 e. The van der Waals surface area contributed by atoms with Gasteiger partial charge in [0, 0.05) is 35.8 Å². The second-order valence-corrected chi connectivity index (χ2v) is 8.10. The van der Waals surface area contributed by atoms with E-state index in [4.69, 9.17) is 15.2 Å². The van der Waals surface area contributed by atoms with Crippen LogP contribution in [0.25, 0.3) is 22.2 Å². The summed E-state index contributed by atoms with van der Waals surface area (Å²) in [5.74, 6) is -1.73. The number of ether oxygens (including phenoxy) is 2. The number of aromatic nitrogens is 4. The average molecular weight is 474 g/mol. The third-order valence-corrected chi connectivity index (χ3v) is 6.03. The van der Waals surface area contributed by atoms with E-state index in [1.165, 1.54) is 25.6 Å². The fraction of sp³-hybridized carbons (Fsp3) is 0.240. The van der Waals surface area contributed by atoms with Crippen LogP contribution in [0.1, 0.15) is 17.2 Å². The van der Waals surface area contributed by atoms with Crippen LogP contribution in [0.5, 0.6) is 5.88 Å². The molecule has 2 aromatic heterocycles. The van der Waals surface area contributed by atoms with E-state index in [-0.39, 0.29) is 5.56 Å². The number of nitrogens with two attached hydrogens (primary N) is 1. The Hall–Kier alpha value is -4.18. The molecule has 1 unspecified atom stereocenters. The van der Waals surface area contributed by atoms with E-state index < -0.39 is 17.6 Å². The predicted octanol–water partition coefficient (Wildman–Crippen LogP) is 2.69. The van der Waals surface area contributed by atoms with Crippen LogP contribution in [0.15, 0.2) is 54.9 Å². The van der Waals surface area contributed by atoms with E-state index in [0.29, 0.717) is 46.9 Å². The number of primary amides is 1. The van der Waals surface area contributed by atoms with Crippen molar-refractivity contribution in [3.63, 3.8) is 0 Å². The van der Waals surface area contributed by atoms with Crippen molar-refractivity contribution >= 4 is 22.5 Å². The van der Waals surface area contributed by atoms with Crippen LogP contribution < -0.4 is 15.4 Å². The van der Waals surface area contributed by atoms with Crippen molar-refractivity contribution in [1.82, 2.24) is 20.2 Å². The second-order valence-electron chi connectivity index (χ2n) is 8.10. The molecule has 1 aliphatic heterocycles. The molecule has 5 rings (SSSR count). The first kappa shape index (κ1) is 22.6. The van der Waals surface area contributed by atoms with E-state index in [1.54, 1.807) is 18.2 Å². The molecule has 1 saturated heterocycles. The summed E-state index contributed by atoms with van der Waals surface area (Å²) in [6.45, 7) is 2.93. The van der Waals surface area contributed by atoms with Crippen molar-refractivity contribution in [2.45, 2.75) is 5.92 Å². The highest BCUT2D eigenvalue weighted by Crippen LogP contribution is 2.33. The molecule has 2 aromatic carbocycles. The second kappa shape index (κ2) is 9.59. The predicted molar refractivity (Wildman–Crippen MR) is 128 cm³/mol. The highest BCUT2D eigenvalue weighted by molar-refractivity contribution is 5.94. The number of hydrogen-bond acceptors (Lipinski definition) is 8. The van der Waals surface area contributed by atoms with Gasteiger partial charge in [-0.25, -0.2) is 14.4 Å². The molecule has 0 spiro atoms. The lowest BCUT2D eigenvalue weighted by Crippen LogP contribution is -2.36. The molecule has 1 aliphatic rings. The van der Waals surface area contributed by atoms with Gasteiger partial charge in [0.05, 0.1) is 37.2 Å². The average Bonchev–Trinajstić information content (AvgIpc) is 2.90. The molecule has 2 N–H and O–H groups in total. The molecule has 1 amide bonds. The lowest BCUT2D eigenvalue weighted by Gasteiger charge is -2.29. The summed E-state index contributed by atoms with van der Waals surface area (Å²) >= 11 is 0. The molecule has 4 aromatic rings. The van der Waals surface area contributed by atoms with Gasteiger partial charge in [-0.2, -0.15) is 5.10 Å². The zero-order valence-corrected chi connectivity index (χ0v) is 19.0. The Morgan fingerprint density at radius 1 is 1.09 bits per heavy atom. The number of morpholine rings is 1. The molecule has 9 nitrogen and oxygen atoms in total. The van der Waals surface area contributed by atoms with Crippen molar-refractivity contribution in [2.24, 2.45) is 5.73 Å².